The van der Waals surface area contributed by atoms with Crippen LogP contribution in [0.2, 0.25) is 0 Å². The van der Waals surface area contributed by atoms with Gasteiger partial charge in [0.05, 0.1) is 0 Å². The lowest BCUT2D eigenvalue weighted by Crippen LogP contribution is -2.45. The number of benzene rings is 1. The standard InChI is InChI=1S/C16H24N2O/c1-3-6-15-7-4-5-8-16(15)19-14-13-18-11-9-17(2)10-12-18/h3-5,7-8H,1,6,9-14H2,2H3. The van der Waals surface area contributed by atoms with Gasteiger partial charge in [-0.3, -0.25) is 4.90 Å². The third-order valence-electron chi connectivity index (χ3n) is 3.60. The van der Waals surface area contributed by atoms with Gasteiger partial charge in [-0.15, -0.1) is 6.58 Å². The van der Waals surface area contributed by atoms with E-state index in [1.54, 1.807) is 0 Å². The molecular weight excluding hydrogens is 236 g/mol. The van der Waals surface area contributed by atoms with Crippen LogP contribution in [0.25, 0.3) is 0 Å². The maximum Gasteiger partial charge on any atom is 0.122 e. The van der Waals surface area contributed by atoms with Crippen LogP contribution in [0.4, 0.5) is 0 Å². The van der Waals surface area contributed by atoms with Crippen molar-refractivity contribution >= 4 is 0 Å². The fourth-order valence-electron chi connectivity index (χ4n) is 2.32. The Bertz CT molecular complexity index is 397. The van der Waals surface area contributed by atoms with Crippen molar-refractivity contribution in [2.24, 2.45) is 0 Å². The van der Waals surface area contributed by atoms with Crippen LogP contribution in [0.5, 0.6) is 5.75 Å². The minimum Gasteiger partial charge on any atom is -0.492 e. The van der Waals surface area contributed by atoms with Crippen LogP contribution >= 0.6 is 0 Å². The summed E-state index contributed by atoms with van der Waals surface area (Å²) in [5.41, 5.74) is 1.22. The number of allylic oxidation sites excluding steroid dienone is 1. The minimum atomic E-state index is 0.762. The van der Waals surface area contributed by atoms with Crippen molar-refractivity contribution in [3.63, 3.8) is 0 Å². The number of ether oxygens (including phenoxy) is 1. The number of piperazine rings is 1. The molecule has 0 N–H and O–H groups in total. The molecule has 0 unspecified atom stereocenters. The van der Waals surface area contributed by atoms with Crippen molar-refractivity contribution in [3.8, 4) is 5.75 Å². The summed E-state index contributed by atoms with van der Waals surface area (Å²) in [6.45, 7) is 10.2. The lowest BCUT2D eigenvalue weighted by Gasteiger charge is -2.32. The van der Waals surface area contributed by atoms with Crippen LogP contribution in [0.15, 0.2) is 36.9 Å². The highest BCUT2D eigenvalue weighted by Gasteiger charge is 2.13. The SMILES string of the molecule is C=CCc1ccccc1OCCN1CCN(C)CC1. The van der Waals surface area contributed by atoms with Gasteiger partial charge in [0, 0.05) is 32.7 Å². The van der Waals surface area contributed by atoms with E-state index >= 15 is 0 Å². The Kier molecular flexibility index (Phi) is 5.43. The monoisotopic (exact) mass is 260 g/mol. The van der Waals surface area contributed by atoms with Gasteiger partial charge in [0.15, 0.2) is 0 Å². The molecule has 1 aliphatic heterocycles. The number of likely N-dealkylation sites (N-methyl/N-ethyl adjacent to an activating group) is 1. The molecule has 0 atom stereocenters. The molecular formula is C16H24N2O. The summed E-state index contributed by atoms with van der Waals surface area (Å²) >= 11 is 0. The van der Waals surface area contributed by atoms with Gasteiger partial charge in [-0.25, -0.2) is 0 Å². The van der Waals surface area contributed by atoms with Crippen LogP contribution in [-0.2, 0) is 6.42 Å². The molecule has 0 spiro atoms. The van der Waals surface area contributed by atoms with Crippen molar-refractivity contribution in [1.29, 1.82) is 0 Å². The number of rotatable bonds is 6. The molecule has 1 aliphatic rings. The molecule has 0 aliphatic carbocycles. The summed E-state index contributed by atoms with van der Waals surface area (Å²) in [6, 6.07) is 8.22. The van der Waals surface area contributed by atoms with E-state index in [-0.39, 0.29) is 0 Å². The van der Waals surface area contributed by atoms with Crippen LogP contribution in [0, 0.1) is 0 Å². The summed E-state index contributed by atoms with van der Waals surface area (Å²) in [6.07, 6.45) is 2.79. The lowest BCUT2D eigenvalue weighted by molar-refractivity contribution is 0.133. The van der Waals surface area contributed by atoms with Crippen molar-refractivity contribution in [2.75, 3.05) is 46.4 Å². The van der Waals surface area contributed by atoms with E-state index < -0.39 is 0 Å². The number of nitrogens with zero attached hydrogens (tertiary/aromatic N) is 2. The van der Waals surface area contributed by atoms with E-state index in [1.165, 1.54) is 5.56 Å². The molecule has 0 aromatic heterocycles. The second kappa shape index (κ2) is 7.31. The third kappa shape index (κ3) is 4.37. The highest BCUT2D eigenvalue weighted by atomic mass is 16.5. The molecule has 2 rings (SSSR count). The molecule has 0 saturated carbocycles. The van der Waals surface area contributed by atoms with Crippen molar-refractivity contribution in [3.05, 3.63) is 42.5 Å². The van der Waals surface area contributed by atoms with Crippen LogP contribution in [-0.4, -0.2) is 56.2 Å². The quantitative estimate of drug-likeness (QED) is 0.728. The van der Waals surface area contributed by atoms with Gasteiger partial charge >= 0.3 is 0 Å². The van der Waals surface area contributed by atoms with Crippen LogP contribution in [0.1, 0.15) is 5.56 Å². The zero-order valence-corrected chi connectivity index (χ0v) is 11.8. The molecule has 0 radical (unpaired) electrons. The normalized spacial score (nSPS) is 17.3. The molecule has 3 heteroatoms. The van der Waals surface area contributed by atoms with E-state index in [0.29, 0.717) is 0 Å². The summed E-state index contributed by atoms with van der Waals surface area (Å²) in [4.78, 5) is 4.84. The van der Waals surface area contributed by atoms with E-state index in [2.05, 4.69) is 29.5 Å². The molecule has 1 aromatic rings. The Labute approximate surface area is 116 Å². The molecule has 1 heterocycles. The van der Waals surface area contributed by atoms with E-state index in [1.807, 2.05) is 24.3 Å². The Morgan fingerprint density at radius 1 is 1.21 bits per heavy atom. The molecule has 1 fully saturated rings. The summed E-state index contributed by atoms with van der Waals surface area (Å²) < 4.78 is 5.92. The van der Waals surface area contributed by atoms with Crippen LogP contribution in [0.3, 0.4) is 0 Å². The van der Waals surface area contributed by atoms with Gasteiger partial charge < -0.3 is 9.64 Å². The predicted octanol–water partition coefficient (Wildman–Crippen LogP) is 2.04. The molecule has 1 saturated heterocycles. The van der Waals surface area contributed by atoms with Gasteiger partial charge in [0.2, 0.25) is 0 Å². The second-order valence-corrected chi connectivity index (χ2v) is 5.09. The first-order chi connectivity index (χ1) is 9.29. The molecule has 0 amide bonds. The molecule has 1 aromatic carbocycles. The first kappa shape index (κ1) is 14.1. The summed E-state index contributed by atoms with van der Waals surface area (Å²) in [5, 5.41) is 0. The summed E-state index contributed by atoms with van der Waals surface area (Å²) in [7, 11) is 2.18. The van der Waals surface area contributed by atoms with Gasteiger partial charge in [0.25, 0.3) is 0 Å². The van der Waals surface area contributed by atoms with E-state index in [4.69, 9.17) is 4.74 Å². The van der Waals surface area contributed by atoms with Crippen molar-refractivity contribution in [2.45, 2.75) is 6.42 Å². The average molecular weight is 260 g/mol. The topological polar surface area (TPSA) is 15.7 Å². The average Bonchev–Trinajstić information content (AvgIpc) is 2.43. The number of hydrogen-bond acceptors (Lipinski definition) is 3. The van der Waals surface area contributed by atoms with Gasteiger partial charge in [-0.05, 0) is 25.1 Å². The van der Waals surface area contributed by atoms with Gasteiger partial charge in [-0.1, -0.05) is 24.3 Å². The highest BCUT2D eigenvalue weighted by molar-refractivity contribution is 5.34. The largest absolute Gasteiger partial charge is 0.492 e. The molecule has 3 nitrogen and oxygen atoms in total. The lowest BCUT2D eigenvalue weighted by atomic mass is 10.1. The third-order valence-corrected chi connectivity index (χ3v) is 3.60. The first-order valence-corrected chi connectivity index (χ1v) is 7.02. The molecule has 19 heavy (non-hydrogen) atoms. The van der Waals surface area contributed by atoms with Crippen molar-refractivity contribution < 1.29 is 4.74 Å². The fraction of sp³-hybridized carbons (Fsp3) is 0.500. The van der Waals surface area contributed by atoms with Crippen molar-refractivity contribution in [1.82, 2.24) is 9.80 Å². The Hall–Kier alpha value is -1.32. The zero-order chi connectivity index (χ0) is 13.5. The number of para-hydroxylation sites is 1. The molecule has 104 valence electrons. The molecule has 0 bridgehead atoms. The minimum absolute atomic E-state index is 0.762. The maximum atomic E-state index is 5.92. The Balaban J connectivity index is 1.77. The first-order valence-electron chi connectivity index (χ1n) is 7.02. The maximum absolute atomic E-state index is 5.92. The number of hydrogen-bond donors (Lipinski definition) is 0. The van der Waals surface area contributed by atoms with Gasteiger partial charge in [0.1, 0.15) is 12.4 Å². The van der Waals surface area contributed by atoms with Crippen LogP contribution < -0.4 is 4.74 Å². The Morgan fingerprint density at radius 2 is 1.95 bits per heavy atom. The smallest absolute Gasteiger partial charge is 0.122 e. The fourth-order valence-corrected chi connectivity index (χ4v) is 2.32. The van der Waals surface area contributed by atoms with Gasteiger partial charge in [-0.2, -0.15) is 0 Å². The second-order valence-electron chi connectivity index (χ2n) is 5.09. The van der Waals surface area contributed by atoms with E-state index in [9.17, 15) is 0 Å². The van der Waals surface area contributed by atoms with E-state index in [0.717, 1.165) is 51.5 Å². The highest BCUT2D eigenvalue weighted by Crippen LogP contribution is 2.18. The Morgan fingerprint density at radius 3 is 2.68 bits per heavy atom. The summed E-state index contributed by atoms with van der Waals surface area (Å²) in [5.74, 6) is 0.997. The predicted molar refractivity (Wildman–Crippen MR) is 79.8 cm³/mol. The zero-order valence-electron chi connectivity index (χ0n) is 11.8.